The molecule has 20 heteroatoms. The molecule has 9 N–H and O–H groups in total. The molecule has 4 bridgehead atoms. The van der Waals surface area contributed by atoms with E-state index in [1.54, 1.807) is 17.2 Å². The van der Waals surface area contributed by atoms with Gasteiger partial charge < -0.3 is 55.9 Å². The van der Waals surface area contributed by atoms with Crippen molar-refractivity contribution < 1.29 is 35.1 Å². The Morgan fingerprint density at radius 3 is 1.75 bits per heavy atom. The van der Waals surface area contributed by atoms with Crippen LogP contribution < -0.4 is 21.3 Å². The van der Waals surface area contributed by atoms with Crippen molar-refractivity contribution in [1.82, 2.24) is 49.7 Å². The third-order valence-corrected chi connectivity index (χ3v) is 17.4. The molecule has 0 aliphatic heterocycles. The molecule has 4 aromatic heterocycles. The van der Waals surface area contributed by atoms with Crippen LogP contribution in [0.1, 0.15) is 95.0 Å². The van der Waals surface area contributed by atoms with Crippen molar-refractivity contribution in [3.05, 3.63) is 23.8 Å². The van der Waals surface area contributed by atoms with Crippen molar-refractivity contribution in [3.63, 3.8) is 0 Å². The number of imidazole rings is 2. The van der Waals surface area contributed by atoms with Gasteiger partial charge in [-0.15, -0.1) is 0 Å². The number of aryl methyl sites for hydroxylation is 1. The third kappa shape index (κ3) is 6.23. The quantitative estimate of drug-likeness (QED) is 0.0972. The number of amides is 2. The Labute approximate surface area is 373 Å². The van der Waals surface area contributed by atoms with Gasteiger partial charge in [0.2, 0.25) is 17.1 Å². The maximum Gasteiger partial charge on any atom is 0.229 e. The molecule has 9 saturated carbocycles. The number of aliphatic hydroxyl groups excluding tert-OH is 5. The highest BCUT2D eigenvalue weighted by atomic mass is 35.5. The smallest absolute Gasteiger partial charge is 0.229 e. The van der Waals surface area contributed by atoms with E-state index in [9.17, 15) is 30.0 Å². The number of fused-ring (bicyclic) bond motifs is 8. The average molecular weight is 901 g/mol. The van der Waals surface area contributed by atoms with Gasteiger partial charge in [-0.2, -0.15) is 9.97 Å². The molecule has 9 aliphatic rings. The van der Waals surface area contributed by atoms with Crippen LogP contribution in [0.3, 0.4) is 0 Å². The number of aromatic nitrogens is 8. The number of halogens is 1. The van der Waals surface area contributed by atoms with Crippen molar-refractivity contribution in [2.45, 2.75) is 139 Å². The number of nitrogens with one attached hydrogen (secondary N) is 4. The van der Waals surface area contributed by atoms with Crippen molar-refractivity contribution in [3.8, 4) is 0 Å². The van der Waals surface area contributed by atoms with Gasteiger partial charge in [0.1, 0.15) is 23.5 Å². The molecule has 64 heavy (non-hydrogen) atoms. The maximum absolute atomic E-state index is 12.9. The summed E-state index contributed by atoms with van der Waals surface area (Å²) in [4.78, 5) is 52.9. The lowest BCUT2D eigenvalue weighted by atomic mass is 9.95. The Bertz CT molecular complexity index is 2540. The highest BCUT2D eigenvalue weighted by molar-refractivity contribution is 6.28. The van der Waals surface area contributed by atoms with Gasteiger partial charge in [0.05, 0.1) is 54.4 Å². The zero-order valence-corrected chi connectivity index (χ0v) is 36.5. The predicted octanol–water partition coefficient (Wildman–Crippen LogP) is 1.77. The summed E-state index contributed by atoms with van der Waals surface area (Å²) < 4.78 is 3.59. The van der Waals surface area contributed by atoms with Crippen LogP contribution in [-0.4, -0.2) is 132 Å². The minimum absolute atomic E-state index is 0.117. The molecular formula is C44H57ClN12O7. The summed E-state index contributed by atoms with van der Waals surface area (Å²) in [5, 5.41) is 65.4. The Morgan fingerprint density at radius 2 is 1.25 bits per heavy atom. The molecule has 19 nitrogen and oxygen atoms in total. The molecular weight excluding hydrogens is 844 g/mol. The van der Waals surface area contributed by atoms with Crippen molar-refractivity contribution in [2.24, 2.45) is 46.3 Å². The minimum Gasteiger partial charge on any atom is -0.395 e. The van der Waals surface area contributed by atoms with Gasteiger partial charge >= 0.3 is 0 Å². The van der Waals surface area contributed by atoms with E-state index in [0.717, 1.165) is 43.3 Å². The lowest BCUT2D eigenvalue weighted by Crippen LogP contribution is -2.43. The van der Waals surface area contributed by atoms with E-state index in [4.69, 9.17) is 16.7 Å². The molecule has 9 fully saturated rings. The van der Waals surface area contributed by atoms with Crippen LogP contribution in [0.25, 0.3) is 22.3 Å². The van der Waals surface area contributed by atoms with Crippen molar-refractivity contribution in [2.75, 3.05) is 23.8 Å². The molecule has 16 atom stereocenters. The van der Waals surface area contributed by atoms with Crippen LogP contribution in [0.15, 0.2) is 12.7 Å². The molecule has 0 aromatic carbocycles. The summed E-state index contributed by atoms with van der Waals surface area (Å²) in [5.41, 5.74) is 0.448. The van der Waals surface area contributed by atoms with Crippen LogP contribution in [0.2, 0.25) is 5.28 Å². The summed E-state index contributed by atoms with van der Waals surface area (Å²) >= 11 is 6.30. The first kappa shape index (κ1) is 41.2. The molecule has 2 amide bonds. The molecule has 4 heterocycles. The lowest BCUT2D eigenvalue weighted by molar-refractivity contribution is -0.133. The van der Waals surface area contributed by atoms with Gasteiger partial charge in [-0.3, -0.25) is 9.59 Å². The second-order valence-electron chi connectivity index (χ2n) is 20.7. The maximum atomic E-state index is 12.9. The van der Waals surface area contributed by atoms with E-state index in [0.29, 0.717) is 70.7 Å². The number of nitrogens with zero attached hydrogens (tertiary/aromatic N) is 8. The lowest BCUT2D eigenvalue weighted by Gasteiger charge is -2.24. The van der Waals surface area contributed by atoms with Crippen LogP contribution in [0, 0.1) is 53.3 Å². The molecule has 0 radical (unpaired) electrons. The summed E-state index contributed by atoms with van der Waals surface area (Å²) in [6.07, 6.45) is 11.8. The predicted molar refractivity (Wildman–Crippen MR) is 231 cm³/mol. The van der Waals surface area contributed by atoms with Gasteiger partial charge in [-0.05, 0) is 106 Å². The second kappa shape index (κ2) is 14.9. The Kier molecular flexibility index (Phi) is 9.57. The number of aliphatic hydroxyl groups is 5. The number of anilines is 2. The van der Waals surface area contributed by atoms with Crippen LogP contribution >= 0.6 is 11.6 Å². The molecule has 0 saturated heterocycles. The Hall–Kier alpha value is -4.27. The first-order valence-corrected chi connectivity index (χ1v) is 23.8. The van der Waals surface area contributed by atoms with Crippen LogP contribution in [0.4, 0.5) is 11.6 Å². The normalized spacial score (nSPS) is 40.6. The van der Waals surface area contributed by atoms with E-state index in [1.165, 1.54) is 38.5 Å². The van der Waals surface area contributed by atoms with Gasteiger partial charge in [0.15, 0.2) is 28.4 Å². The van der Waals surface area contributed by atoms with E-state index in [2.05, 4.69) is 51.2 Å². The summed E-state index contributed by atoms with van der Waals surface area (Å²) in [6.45, 7) is 1.79. The van der Waals surface area contributed by atoms with E-state index in [1.807, 2.05) is 11.5 Å². The third-order valence-electron chi connectivity index (χ3n) is 17.2. The fraction of sp³-hybridized carbons (Fsp3) is 0.727. The Morgan fingerprint density at radius 1 is 0.719 bits per heavy atom. The minimum atomic E-state index is -1.18. The van der Waals surface area contributed by atoms with Gasteiger partial charge in [0, 0.05) is 36.5 Å². The molecule has 0 spiro atoms. The van der Waals surface area contributed by atoms with E-state index < -0.39 is 47.3 Å². The Balaban J connectivity index is 0.000000135. The largest absolute Gasteiger partial charge is 0.395 e. The highest BCUT2D eigenvalue weighted by Gasteiger charge is 2.76. The fourth-order valence-corrected chi connectivity index (χ4v) is 13.9. The van der Waals surface area contributed by atoms with Crippen molar-refractivity contribution in [1.29, 1.82) is 0 Å². The molecule has 9 aliphatic carbocycles. The number of carbonyl (C=O) groups is 2. The standard InChI is InChI=1S/C22H27ClN6O3.C22H30N6O4/c23-21-27-18(26-13-6-9-1-2-10(13)5-9)14-19(28-21)29(8-24-14)15-12-7-22(12,17(31)16(15)30)20(32)25-11-3-4-11;1-10-25-19(27-14-7-11-2-3-12(14)6-11)15-20(26-10)28(9-24-15)16-13-8-22(13,18(31)17(16)30)21(32)23-4-5-29/h8-13,15-17,30-31H,1-7H2,(H,25,32)(H,26,27,28);9,11-14,16-18,29-31H,2-8H2,1H3,(H,23,32)(H,25,26,27)/t9?,10?,12?,13?,15-,16+,17?,22+;11?,12?,13?,14?,16-,17+,18?,22+/m11/s1. The topological polar surface area (TPSA) is 271 Å². The first-order chi connectivity index (χ1) is 30.9. The number of carbonyl (C=O) groups excluding carboxylic acids is 2. The van der Waals surface area contributed by atoms with Gasteiger partial charge in [-0.1, -0.05) is 12.8 Å². The van der Waals surface area contributed by atoms with Crippen molar-refractivity contribution >= 4 is 57.4 Å². The number of hydrogen-bond donors (Lipinski definition) is 9. The average Bonchev–Trinajstić information content (AvgIpc) is 3.98. The van der Waals surface area contributed by atoms with Gasteiger partial charge in [-0.25, -0.2) is 19.9 Å². The molecule has 13 rings (SSSR count). The first-order valence-electron chi connectivity index (χ1n) is 23.5. The highest BCUT2D eigenvalue weighted by Crippen LogP contribution is 2.69. The van der Waals surface area contributed by atoms with Crippen LogP contribution in [0.5, 0.6) is 0 Å². The summed E-state index contributed by atoms with van der Waals surface area (Å²) in [5.74, 6) is 4.05. The van der Waals surface area contributed by atoms with Crippen LogP contribution in [-0.2, 0) is 9.59 Å². The summed E-state index contributed by atoms with van der Waals surface area (Å²) in [7, 11) is 0. The zero-order chi connectivity index (χ0) is 44.0. The number of rotatable bonds is 11. The number of hydrogen-bond acceptors (Lipinski definition) is 15. The summed E-state index contributed by atoms with van der Waals surface area (Å²) in [6, 6.07) is -0.00170. The molecule has 10 unspecified atom stereocenters. The monoisotopic (exact) mass is 900 g/mol. The SMILES string of the molecule is Cc1nc(NC2CC3CCC2C3)c2ncn([C@@H]3C4C[C@@]4(C(=O)NCCO)C(O)[C@H]3O)c2n1.O=C(NC1CC1)[C@@]12CC1[C@@H](n1cnc3c(NC4CC5CCC4C5)nc(Cl)nc31)[C@H](O)C2O. The second-order valence-corrected chi connectivity index (χ2v) is 21.1. The molecule has 4 aromatic rings. The van der Waals surface area contributed by atoms with Gasteiger partial charge in [0.25, 0.3) is 0 Å². The fourth-order valence-electron chi connectivity index (χ4n) is 13.7. The van der Waals surface area contributed by atoms with E-state index in [-0.39, 0.29) is 48.1 Å². The van der Waals surface area contributed by atoms with E-state index >= 15 is 0 Å². The molecule has 342 valence electrons. The zero-order valence-electron chi connectivity index (χ0n) is 35.7.